The highest BCUT2D eigenvalue weighted by Gasteiger charge is 2.18. The molecule has 0 spiro atoms. The molecule has 0 saturated carbocycles. The molecule has 0 radical (unpaired) electrons. The topological polar surface area (TPSA) is 116 Å². The van der Waals surface area contributed by atoms with Crippen LogP contribution in [0.1, 0.15) is 17.0 Å². The van der Waals surface area contributed by atoms with Crippen LogP contribution < -0.4 is 21.1 Å². The van der Waals surface area contributed by atoms with Crippen LogP contribution in [0, 0.1) is 20.8 Å². The van der Waals surface area contributed by atoms with Gasteiger partial charge in [0.1, 0.15) is 12.3 Å². The largest absolute Gasteiger partial charge is 0.474 e. The number of hydrogen-bond acceptors (Lipinski definition) is 8. The molecule has 0 aliphatic carbocycles. The van der Waals surface area contributed by atoms with Gasteiger partial charge in [-0.2, -0.15) is 5.10 Å². The van der Waals surface area contributed by atoms with E-state index in [2.05, 4.69) is 32.6 Å². The summed E-state index contributed by atoms with van der Waals surface area (Å²) >= 11 is 0. The Hall–Kier alpha value is -3.88. The maximum atomic E-state index is 6.36. The molecule has 0 amide bonds. The van der Waals surface area contributed by atoms with Gasteiger partial charge in [-0.25, -0.2) is 15.0 Å². The minimum absolute atomic E-state index is 0.499. The number of pyridine rings is 1. The van der Waals surface area contributed by atoms with Crippen LogP contribution in [0.2, 0.25) is 0 Å². The minimum atomic E-state index is 0.499. The molecule has 0 saturated heterocycles. The van der Waals surface area contributed by atoms with Crippen LogP contribution in [0.3, 0.4) is 0 Å². The lowest BCUT2D eigenvalue weighted by Crippen LogP contribution is -2.20. The molecule has 9 nitrogen and oxygen atoms in total. The maximum absolute atomic E-state index is 6.36. The van der Waals surface area contributed by atoms with E-state index in [0.29, 0.717) is 24.1 Å². The summed E-state index contributed by atoms with van der Waals surface area (Å²) < 4.78 is 7.48. The molecule has 0 bridgehead atoms. The zero-order chi connectivity index (χ0) is 21.7. The van der Waals surface area contributed by atoms with Crippen LogP contribution in [-0.2, 0) is 7.05 Å². The number of anilines is 4. The van der Waals surface area contributed by atoms with Gasteiger partial charge in [0.2, 0.25) is 11.8 Å². The summed E-state index contributed by atoms with van der Waals surface area (Å²) in [6.45, 7) is 7.39. The van der Waals surface area contributed by atoms with Gasteiger partial charge >= 0.3 is 0 Å². The number of nitrogens with zero attached hydrogens (tertiary/aromatic N) is 5. The standard InChI is InChI=1S/C22H24N8O/c1-11-15(9-25-21-19(11)24-5-6-31-21)14-7-17(23)16-10-26-22(27-18(16)8-14)28-20-12(2)29-30(4)13(20)3/h7-10,24H,5-6,23H2,1-4H3,(H,26,27,28). The lowest BCUT2D eigenvalue weighted by atomic mass is 9.99. The maximum Gasteiger partial charge on any atom is 0.237 e. The first kappa shape index (κ1) is 19.1. The first-order valence-corrected chi connectivity index (χ1v) is 10.1. The van der Waals surface area contributed by atoms with Gasteiger partial charge in [-0.1, -0.05) is 0 Å². The second kappa shape index (κ2) is 7.12. The fourth-order valence-electron chi connectivity index (χ4n) is 3.96. The number of nitrogens with one attached hydrogen (secondary N) is 2. The van der Waals surface area contributed by atoms with Gasteiger partial charge in [-0.3, -0.25) is 4.68 Å². The molecule has 4 aromatic rings. The molecule has 0 fully saturated rings. The zero-order valence-electron chi connectivity index (χ0n) is 17.9. The van der Waals surface area contributed by atoms with E-state index in [1.165, 1.54) is 0 Å². The van der Waals surface area contributed by atoms with E-state index in [4.69, 9.17) is 15.5 Å². The first-order valence-electron chi connectivity index (χ1n) is 10.1. The number of ether oxygens (including phenoxy) is 1. The summed E-state index contributed by atoms with van der Waals surface area (Å²) in [4.78, 5) is 13.7. The van der Waals surface area contributed by atoms with Crippen molar-refractivity contribution in [1.82, 2.24) is 24.7 Å². The van der Waals surface area contributed by atoms with E-state index >= 15 is 0 Å². The number of aromatic nitrogens is 5. The zero-order valence-corrected chi connectivity index (χ0v) is 17.9. The Labute approximate surface area is 179 Å². The number of hydrogen-bond donors (Lipinski definition) is 3. The van der Waals surface area contributed by atoms with Gasteiger partial charge in [0, 0.05) is 42.6 Å². The highest BCUT2D eigenvalue weighted by atomic mass is 16.5. The van der Waals surface area contributed by atoms with Gasteiger partial charge in [0.25, 0.3) is 0 Å². The van der Waals surface area contributed by atoms with Crippen LogP contribution in [0.25, 0.3) is 22.0 Å². The quantitative estimate of drug-likeness (QED) is 0.435. The Morgan fingerprint density at radius 2 is 2.00 bits per heavy atom. The Morgan fingerprint density at radius 3 is 2.77 bits per heavy atom. The summed E-state index contributed by atoms with van der Waals surface area (Å²) in [7, 11) is 1.91. The summed E-state index contributed by atoms with van der Waals surface area (Å²) in [6.07, 6.45) is 3.57. The van der Waals surface area contributed by atoms with E-state index < -0.39 is 0 Å². The van der Waals surface area contributed by atoms with E-state index in [9.17, 15) is 0 Å². The summed E-state index contributed by atoms with van der Waals surface area (Å²) in [6, 6.07) is 3.95. The second-order valence-corrected chi connectivity index (χ2v) is 7.74. The lowest BCUT2D eigenvalue weighted by Gasteiger charge is -2.21. The molecule has 158 valence electrons. The Balaban J connectivity index is 1.58. The van der Waals surface area contributed by atoms with Crippen LogP contribution >= 0.6 is 0 Å². The normalized spacial score (nSPS) is 12.9. The van der Waals surface area contributed by atoms with Crippen molar-refractivity contribution in [3.8, 4) is 17.0 Å². The molecule has 31 heavy (non-hydrogen) atoms. The summed E-state index contributed by atoms with van der Waals surface area (Å²) in [5.41, 5.74) is 14.5. The average Bonchev–Trinajstić information content (AvgIpc) is 3.00. The number of fused-ring (bicyclic) bond motifs is 2. The van der Waals surface area contributed by atoms with Crippen LogP contribution in [-0.4, -0.2) is 37.9 Å². The van der Waals surface area contributed by atoms with Crippen molar-refractivity contribution in [3.63, 3.8) is 0 Å². The van der Waals surface area contributed by atoms with Crippen molar-refractivity contribution in [2.45, 2.75) is 20.8 Å². The van der Waals surface area contributed by atoms with Crippen molar-refractivity contribution >= 4 is 33.9 Å². The lowest BCUT2D eigenvalue weighted by molar-refractivity contribution is 0.310. The van der Waals surface area contributed by atoms with E-state index in [0.717, 1.165) is 56.9 Å². The van der Waals surface area contributed by atoms with Gasteiger partial charge in [0.05, 0.1) is 22.6 Å². The molecule has 4 N–H and O–H groups in total. The summed E-state index contributed by atoms with van der Waals surface area (Å²) in [5, 5.41) is 11.9. The highest BCUT2D eigenvalue weighted by Crippen LogP contribution is 2.37. The molecule has 4 heterocycles. The monoisotopic (exact) mass is 416 g/mol. The molecule has 1 aliphatic rings. The average molecular weight is 416 g/mol. The third-order valence-electron chi connectivity index (χ3n) is 5.74. The molecule has 5 rings (SSSR count). The number of aryl methyl sites for hydroxylation is 2. The van der Waals surface area contributed by atoms with Gasteiger partial charge in [-0.05, 0) is 44.0 Å². The van der Waals surface area contributed by atoms with Crippen molar-refractivity contribution in [3.05, 3.63) is 41.5 Å². The van der Waals surface area contributed by atoms with Crippen molar-refractivity contribution in [2.24, 2.45) is 7.05 Å². The third kappa shape index (κ3) is 3.18. The Morgan fingerprint density at radius 1 is 1.16 bits per heavy atom. The predicted octanol–water partition coefficient (Wildman–Crippen LogP) is 3.48. The minimum Gasteiger partial charge on any atom is -0.474 e. The van der Waals surface area contributed by atoms with E-state index in [1.54, 1.807) is 6.20 Å². The van der Waals surface area contributed by atoms with Crippen LogP contribution in [0.15, 0.2) is 24.5 Å². The van der Waals surface area contributed by atoms with Crippen molar-refractivity contribution in [2.75, 3.05) is 29.5 Å². The molecule has 3 aromatic heterocycles. The van der Waals surface area contributed by atoms with Crippen molar-refractivity contribution < 1.29 is 4.74 Å². The molecule has 1 aliphatic heterocycles. The fourth-order valence-corrected chi connectivity index (χ4v) is 3.96. The van der Waals surface area contributed by atoms with Gasteiger partial charge in [-0.15, -0.1) is 0 Å². The van der Waals surface area contributed by atoms with Crippen molar-refractivity contribution in [1.29, 1.82) is 0 Å². The molecular weight excluding hydrogens is 392 g/mol. The molecule has 0 atom stereocenters. The number of rotatable bonds is 3. The number of nitrogens with two attached hydrogens (primary N) is 1. The molecule has 1 aromatic carbocycles. The smallest absolute Gasteiger partial charge is 0.237 e. The van der Waals surface area contributed by atoms with Gasteiger partial charge in [0.15, 0.2) is 0 Å². The second-order valence-electron chi connectivity index (χ2n) is 7.74. The SMILES string of the molecule is Cc1nn(C)c(C)c1Nc1ncc2c(N)cc(-c3cnc4c(c3C)NCCO4)cc2n1. The Bertz CT molecular complexity index is 1330. The highest BCUT2D eigenvalue weighted by molar-refractivity contribution is 5.95. The molecular formula is C22H24N8O. The predicted molar refractivity (Wildman–Crippen MR) is 122 cm³/mol. The van der Waals surface area contributed by atoms with E-state index in [1.807, 2.05) is 43.9 Å². The van der Waals surface area contributed by atoms with Crippen LogP contribution in [0.4, 0.5) is 23.0 Å². The third-order valence-corrected chi connectivity index (χ3v) is 5.74. The van der Waals surface area contributed by atoms with Gasteiger partial charge < -0.3 is 21.1 Å². The molecule has 9 heteroatoms. The number of nitrogen functional groups attached to an aromatic ring is 1. The summed E-state index contributed by atoms with van der Waals surface area (Å²) in [5.74, 6) is 1.14. The van der Waals surface area contributed by atoms with E-state index in [-0.39, 0.29) is 0 Å². The Kier molecular flexibility index (Phi) is 4.39. The molecule has 0 unspecified atom stereocenters. The number of benzene rings is 1. The van der Waals surface area contributed by atoms with Crippen LogP contribution in [0.5, 0.6) is 5.88 Å². The first-order chi connectivity index (χ1) is 14.9. The fraction of sp³-hybridized carbons (Fsp3) is 0.273.